The fourth-order valence-corrected chi connectivity index (χ4v) is 5.49. The molecule has 1 unspecified atom stereocenters. The number of carbonyl (C=O) groups is 1. The lowest BCUT2D eigenvalue weighted by atomic mass is 9.92. The minimum atomic E-state index is -0.270. The van der Waals surface area contributed by atoms with Crippen LogP contribution in [0.25, 0.3) is 0 Å². The minimum absolute atomic E-state index is 0.00720. The van der Waals surface area contributed by atoms with E-state index in [0.29, 0.717) is 23.6 Å². The molecular weight excluding hydrogens is 444 g/mol. The molecule has 3 heterocycles. The molecule has 5 rings (SSSR count). The SMILES string of the molecule is CC(O)C1CCN(c2nccnc2Sc2ccc(C(=O)C3=Nc4ccccc4CC3)cc2)CC1. The van der Waals surface area contributed by atoms with Crippen LogP contribution >= 0.6 is 11.8 Å². The number of hydrogen-bond donors (Lipinski definition) is 1. The van der Waals surface area contributed by atoms with Crippen LogP contribution < -0.4 is 4.90 Å². The number of aliphatic hydroxyl groups is 1. The van der Waals surface area contributed by atoms with Gasteiger partial charge in [0, 0.05) is 35.9 Å². The number of Topliss-reactive ketones (excluding diaryl/α,β-unsaturated/α-hetero) is 1. The molecule has 2 aliphatic rings. The number of carbonyl (C=O) groups excluding carboxylic acids is 1. The third kappa shape index (κ3) is 4.91. The Hall–Kier alpha value is -3.03. The Morgan fingerprint density at radius 3 is 2.53 bits per heavy atom. The predicted molar refractivity (Wildman–Crippen MR) is 135 cm³/mol. The van der Waals surface area contributed by atoms with Gasteiger partial charge in [0.05, 0.1) is 17.5 Å². The molecule has 1 fully saturated rings. The number of hydrogen-bond acceptors (Lipinski definition) is 7. The van der Waals surface area contributed by atoms with Gasteiger partial charge in [-0.1, -0.05) is 30.0 Å². The van der Waals surface area contributed by atoms with Crippen molar-refractivity contribution < 1.29 is 9.90 Å². The topological polar surface area (TPSA) is 78.7 Å². The van der Waals surface area contributed by atoms with Gasteiger partial charge in [-0.25, -0.2) is 15.0 Å². The van der Waals surface area contributed by atoms with Gasteiger partial charge in [0.15, 0.2) is 5.82 Å². The summed E-state index contributed by atoms with van der Waals surface area (Å²) in [7, 11) is 0. The summed E-state index contributed by atoms with van der Waals surface area (Å²) in [4.78, 5) is 30.1. The van der Waals surface area contributed by atoms with Crippen molar-refractivity contribution >= 4 is 34.8 Å². The molecule has 0 bridgehead atoms. The Labute approximate surface area is 204 Å². The van der Waals surface area contributed by atoms with Gasteiger partial charge in [-0.05, 0) is 74.4 Å². The van der Waals surface area contributed by atoms with E-state index in [-0.39, 0.29) is 11.9 Å². The first-order valence-corrected chi connectivity index (χ1v) is 12.6. The second-order valence-electron chi connectivity index (χ2n) is 8.89. The second kappa shape index (κ2) is 10.1. The minimum Gasteiger partial charge on any atom is -0.393 e. The van der Waals surface area contributed by atoms with Crippen molar-refractivity contribution in [1.29, 1.82) is 0 Å². The maximum atomic E-state index is 13.0. The Bertz CT molecular complexity index is 1200. The lowest BCUT2D eigenvalue weighted by molar-refractivity contribution is 0.106. The van der Waals surface area contributed by atoms with Gasteiger partial charge in [-0.3, -0.25) is 4.79 Å². The van der Waals surface area contributed by atoms with Crippen LogP contribution in [-0.2, 0) is 6.42 Å². The van der Waals surface area contributed by atoms with Crippen LogP contribution in [0.5, 0.6) is 0 Å². The monoisotopic (exact) mass is 472 g/mol. The van der Waals surface area contributed by atoms with E-state index in [1.165, 1.54) is 5.56 Å². The summed E-state index contributed by atoms with van der Waals surface area (Å²) in [5.74, 6) is 1.22. The number of para-hydroxylation sites is 1. The van der Waals surface area contributed by atoms with Crippen molar-refractivity contribution in [2.75, 3.05) is 18.0 Å². The first kappa shape index (κ1) is 22.7. The Kier molecular flexibility index (Phi) is 6.74. The number of aryl methyl sites for hydroxylation is 1. The Morgan fingerprint density at radius 2 is 1.76 bits per heavy atom. The van der Waals surface area contributed by atoms with Gasteiger partial charge in [-0.2, -0.15) is 0 Å². The first-order valence-electron chi connectivity index (χ1n) is 11.8. The van der Waals surface area contributed by atoms with Crippen LogP contribution in [0.4, 0.5) is 11.5 Å². The highest BCUT2D eigenvalue weighted by Gasteiger charge is 2.25. The van der Waals surface area contributed by atoms with E-state index in [1.807, 2.05) is 49.4 Å². The van der Waals surface area contributed by atoms with E-state index in [2.05, 4.69) is 25.9 Å². The van der Waals surface area contributed by atoms with Crippen LogP contribution in [0.15, 0.2) is 75.8 Å². The molecule has 1 N–H and O–H groups in total. The molecule has 2 aliphatic heterocycles. The van der Waals surface area contributed by atoms with E-state index in [0.717, 1.165) is 53.8 Å². The summed E-state index contributed by atoms with van der Waals surface area (Å²) in [5.41, 5.74) is 3.37. The quantitative estimate of drug-likeness (QED) is 0.501. The lowest BCUT2D eigenvalue weighted by Crippen LogP contribution is -2.37. The average molecular weight is 473 g/mol. The van der Waals surface area contributed by atoms with Crippen LogP contribution in [0.3, 0.4) is 0 Å². The van der Waals surface area contributed by atoms with Gasteiger partial charge >= 0.3 is 0 Å². The molecule has 0 amide bonds. The van der Waals surface area contributed by atoms with Crippen LogP contribution in [0, 0.1) is 5.92 Å². The number of ketones is 1. The number of benzene rings is 2. The average Bonchev–Trinajstić information content (AvgIpc) is 2.89. The molecule has 7 heteroatoms. The van der Waals surface area contributed by atoms with Gasteiger partial charge < -0.3 is 10.0 Å². The van der Waals surface area contributed by atoms with E-state index in [4.69, 9.17) is 0 Å². The molecule has 0 radical (unpaired) electrons. The number of anilines is 1. The molecule has 1 saturated heterocycles. The molecule has 34 heavy (non-hydrogen) atoms. The third-order valence-electron chi connectivity index (χ3n) is 6.64. The summed E-state index contributed by atoms with van der Waals surface area (Å²) >= 11 is 1.56. The number of rotatable bonds is 6. The second-order valence-corrected chi connectivity index (χ2v) is 9.96. The molecule has 1 atom stereocenters. The highest BCUT2D eigenvalue weighted by Crippen LogP contribution is 2.34. The maximum absolute atomic E-state index is 13.0. The molecule has 2 aromatic carbocycles. The maximum Gasteiger partial charge on any atom is 0.207 e. The fourth-order valence-electron chi connectivity index (χ4n) is 4.60. The molecular formula is C27H28N4O2S. The lowest BCUT2D eigenvalue weighted by Gasteiger charge is -2.34. The summed E-state index contributed by atoms with van der Waals surface area (Å²) < 4.78 is 0. The largest absolute Gasteiger partial charge is 0.393 e. The normalized spacial score (nSPS) is 17.1. The Morgan fingerprint density at radius 1 is 1.03 bits per heavy atom. The summed E-state index contributed by atoms with van der Waals surface area (Å²) in [6, 6.07) is 15.7. The van der Waals surface area contributed by atoms with E-state index in [1.54, 1.807) is 24.2 Å². The van der Waals surface area contributed by atoms with Crippen molar-refractivity contribution in [3.05, 3.63) is 72.1 Å². The van der Waals surface area contributed by atoms with Crippen molar-refractivity contribution in [1.82, 2.24) is 9.97 Å². The third-order valence-corrected chi connectivity index (χ3v) is 7.63. The summed E-state index contributed by atoms with van der Waals surface area (Å²) in [5, 5.41) is 10.7. The zero-order valence-electron chi connectivity index (χ0n) is 19.2. The van der Waals surface area contributed by atoms with Crippen molar-refractivity contribution in [3.63, 3.8) is 0 Å². The van der Waals surface area contributed by atoms with E-state index >= 15 is 0 Å². The van der Waals surface area contributed by atoms with Crippen LogP contribution in [0.1, 0.15) is 42.1 Å². The molecule has 0 aliphatic carbocycles. The number of aliphatic hydroxyl groups excluding tert-OH is 1. The zero-order valence-corrected chi connectivity index (χ0v) is 20.0. The van der Waals surface area contributed by atoms with E-state index < -0.39 is 0 Å². The smallest absolute Gasteiger partial charge is 0.207 e. The van der Waals surface area contributed by atoms with Gasteiger partial charge in [0.1, 0.15) is 5.03 Å². The molecule has 6 nitrogen and oxygen atoms in total. The number of piperidine rings is 1. The van der Waals surface area contributed by atoms with Crippen molar-refractivity contribution in [2.24, 2.45) is 10.9 Å². The highest BCUT2D eigenvalue weighted by atomic mass is 32.2. The number of aromatic nitrogens is 2. The Balaban J connectivity index is 1.28. The molecule has 0 saturated carbocycles. The van der Waals surface area contributed by atoms with Gasteiger partial charge in [0.2, 0.25) is 5.78 Å². The fraction of sp³-hybridized carbons (Fsp3) is 0.333. The molecule has 1 aromatic heterocycles. The van der Waals surface area contributed by atoms with Gasteiger partial charge in [-0.15, -0.1) is 0 Å². The first-order chi connectivity index (χ1) is 16.6. The summed E-state index contributed by atoms with van der Waals surface area (Å²) in [6.45, 7) is 3.60. The van der Waals surface area contributed by atoms with Crippen molar-refractivity contribution in [3.8, 4) is 0 Å². The number of nitrogens with zero attached hydrogens (tertiary/aromatic N) is 4. The molecule has 0 spiro atoms. The van der Waals surface area contributed by atoms with Crippen LogP contribution in [0.2, 0.25) is 0 Å². The number of aliphatic imine (C=N–C) groups is 1. The van der Waals surface area contributed by atoms with E-state index in [9.17, 15) is 9.90 Å². The molecule has 3 aromatic rings. The van der Waals surface area contributed by atoms with Gasteiger partial charge in [0.25, 0.3) is 0 Å². The highest BCUT2D eigenvalue weighted by molar-refractivity contribution is 7.99. The van der Waals surface area contributed by atoms with Crippen molar-refractivity contribution in [2.45, 2.75) is 48.6 Å². The zero-order chi connectivity index (χ0) is 23.5. The predicted octanol–water partition coefficient (Wildman–Crippen LogP) is 5.13. The molecule has 174 valence electrons. The van der Waals surface area contributed by atoms with Crippen LogP contribution in [-0.4, -0.2) is 45.8 Å². The number of fused-ring (bicyclic) bond motifs is 1. The standard InChI is InChI=1S/C27H28N4O2S/c1-18(32)19-12-16-31(17-13-19)26-27(29-15-14-28-26)34-22-9-6-21(7-10-22)25(33)24-11-8-20-4-2-3-5-23(20)30-24/h2-7,9-10,14-15,18-19,32H,8,11-13,16-17H2,1H3. The summed E-state index contributed by atoms with van der Waals surface area (Å²) in [6.07, 6.45) is 6.58.